The van der Waals surface area contributed by atoms with Crippen LogP contribution in [0.5, 0.6) is 17.2 Å². The highest BCUT2D eigenvalue weighted by atomic mass is 16.6. The van der Waals surface area contributed by atoms with Gasteiger partial charge in [0.15, 0.2) is 18.2 Å². The maximum Gasteiger partial charge on any atom is 0.339 e. The average molecular weight is 377 g/mol. The van der Waals surface area contributed by atoms with Gasteiger partial charge in [-0.25, -0.2) is 4.79 Å². The number of hydrogen-bond acceptors (Lipinski definition) is 6. The highest BCUT2D eigenvalue weighted by molar-refractivity contribution is 5.87. The van der Waals surface area contributed by atoms with Gasteiger partial charge in [-0.2, -0.15) is 0 Å². The fourth-order valence-corrected chi connectivity index (χ4v) is 4.45. The van der Waals surface area contributed by atoms with E-state index in [0.717, 1.165) is 64.3 Å². The van der Waals surface area contributed by atoms with Gasteiger partial charge in [-0.1, -0.05) is 0 Å². The Bertz CT molecular complexity index is 1170. The lowest BCUT2D eigenvalue weighted by atomic mass is 10.0. The van der Waals surface area contributed by atoms with Gasteiger partial charge in [0.1, 0.15) is 24.5 Å². The number of aryl methyl sites for hydroxylation is 1. The first-order valence-corrected chi connectivity index (χ1v) is 9.66. The molecule has 1 aliphatic carbocycles. The van der Waals surface area contributed by atoms with Gasteiger partial charge in [0.25, 0.3) is 0 Å². The summed E-state index contributed by atoms with van der Waals surface area (Å²) in [6.45, 7) is 2.15. The molecule has 0 spiro atoms. The van der Waals surface area contributed by atoms with Gasteiger partial charge in [0.05, 0.1) is 12.1 Å². The Hall–Kier alpha value is -3.15. The lowest BCUT2D eigenvalue weighted by Gasteiger charge is -2.32. The molecule has 6 heteroatoms. The maximum absolute atomic E-state index is 12.5. The topological polar surface area (TPSA) is 61.1 Å². The molecule has 6 nitrogen and oxygen atoms in total. The normalized spacial score (nSPS) is 17.2. The lowest BCUT2D eigenvalue weighted by Crippen LogP contribution is -2.32. The van der Waals surface area contributed by atoms with Crippen LogP contribution in [0.2, 0.25) is 0 Å². The molecule has 0 unspecified atom stereocenters. The number of fused-ring (bicyclic) bond motifs is 6. The second kappa shape index (κ2) is 5.92. The Balaban J connectivity index is 1.44. The Morgan fingerprint density at radius 1 is 0.821 bits per heavy atom. The minimum absolute atomic E-state index is 0.204. The second-order valence-corrected chi connectivity index (χ2v) is 7.42. The summed E-state index contributed by atoms with van der Waals surface area (Å²) in [4.78, 5) is 14.6. The standard InChI is InChI=1S/C22H19NO5/c24-22-16-3-1-2-14(16)15-5-7-18-17(21(15)28-22)11-23(12-27-18)13-4-6-19-20(10-13)26-9-8-25-19/h4-7,10H,1-3,8-9,11-12H2. The zero-order chi connectivity index (χ0) is 18.7. The van der Waals surface area contributed by atoms with E-state index in [2.05, 4.69) is 4.90 Å². The highest BCUT2D eigenvalue weighted by Crippen LogP contribution is 2.39. The minimum atomic E-state index is -0.204. The lowest BCUT2D eigenvalue weighted by molar-refractivity contribution is 0.171. The molecule has 3 aliphatic rings. The van der Waals surface area contributed by atoms with E-state index >= 15 is 0 Å². The highest BCUT2D eigenvalue weighted by Gasteiger charge is 2.26. The molecule has 3 heterocycles. The quantitative estimate of drug-likeness (QED) is 0.606. The smallest absolute Gasteiger partial charge is 0.339 e. The summed E-state index contributed by atoms with van der Waals surface area (Å²) in [7, 11) is 0. The first kappa shape index (κ1) is 15.9. The van der Waals surface area contributed by atoms with E-state index in [0.29, 0.717) is 32.1 Å². The molecule has 2 aromatic carbocycles. The number of nitrogens with zero attached hydrogens (tertiary/aromatic N) is 1. The average Bonchev–Trinajstić information content (AvgIpc) is 3.24. The van der Waals surface area contributed by atoms with Crippen LogP contribution in [0.15, 0.2) is 39.5 Å². The number of hydrogen-bond donors (Lipinski definition) is 0. The maximum atomic E-state index is 12.5. The Kier molecular flexibility index (Phi) is 3.36. The zero-order valence-electron chi connectivity index (χ0n) is 15.3. The van der Waals surface area contributed by atoms with E-state index < -0.39 is 0 Å². The summed E-state index contributed by atoms with van der Waals surface area (Å²) < 4.78 is 23.1. The van der Waals surface area contributed by atoms with Crippen molar-refractivity contribution >= 4 is 16.7 Å². The molecule has 0 amide bonds. The van der Waals surface area contributed by atoms with Crippen LogP contribution in [-0.2, 0) is 19.4 Å². The molecule has 0 saturated carbocycles. The molecule has 28 heavy (non-hydrogen) atoms. The number of rotatable bonds is 1. The minimum Gasteiger partial charge on any atom is -0.486 e. The SMILES string of the molecule is O=c1oc2c3c(ccc2c2c1CCC2)OCN(c1ccc2c(c1)OCCO2)C3. The van der Waals surface area contributed by atoms with Crippen molar-refractivity contribution < 1.29 is 18.6 Å². The molecular weight excluding hydrogens is 358 g/mol. The summed E-state index contributed by atoms with van der Waals surface area (Å²) in [5.74, 6) is 2.29. The molecule has 0 radical (unpaired) electrons. The van der Waals surface area contributed by atoms with Crippen molar-refractivity contribution in [3.63, 3.8) is 0 Å². The van der Waals surface area contributed by atoms with Crippen LogP contribution in [0.1, 0.15) is 23.1 Å². The Labute approximate surface area is 161 Å². The van der Waals surface area contributed by atoms with E-state index in [-0.39, 0.29) is 5.63 Å². The van der Waals surface area contributed by atoms with E-state index in [1.165, 1.54) is 0 Å². The molecule has 2 aliphatic heterocycles. The van der Waals surface area contributed by atoms with Gasteiger partial charge < -0.3 is 23.5 Å². The molecule has 142 valence electrons. The van der Waals surface area contributed by atoms with E-state index in [1.54, 1.807) is 0 Å². The summed E-state index contributed by atoms with van der Waals surface area (Å²) in [5, 5.41) is 1.04. The van der Waals surface area contributed by atoms with Crippen LogP contribution < -0.4 is 24.7 Å². The van der Waals surface area contributed by atoms with Crippen molar-refractivity contribution in [3.8, 4) is 17.2 Å². The molecule has 0 saturated heterocycles. The van der Waals surface area contributed by atoms with E-state index in [4.69, 9.17) is 18.6 Å². The predicted octanol–water partition coefficient (Wildman–Crippen LogP) is 3.41. The van der Waals surface area contributed by atoms with Gasteiger partial charge in [-0.05, 0) is 49.1 Å². The van der Waals surface area contributed by atoms with E-state index in [1.807, 2.05) is 30.3 Å². The van der Waals surface area contributed by atoms with Crippen molar-refractivity contribution in [3.05, 3.63) is 57.4 Å². The molecule has 0 fully saturated rings. The number of ether oxygens (including phenoxy) is 3. The van der Waals surface area contributed by atoms with Crippen molar-refractivity contribution in [1.82, 2.24) is 0 Å². The van der Waals surface area contributed by atoms with Gasteiger partial charge in [-0.3, -0.25) is 0 Å². The third-order valence-electron chi connectivity index (χ3n) is 5.82. The largest absolute Gasteiger partial charge is 0.486 e. The van der Waals surface area contributed by atoms with Gasteiger partial charge in [0, 0.05) is 22.7 Å². The fourth-order valence-electron chi connectivity index (χ4n) is 4.45. The molecular formula is C22H19NO5. The third kappa shape index (κ3) is 2.30. The molecule has 0 atom stereocenters. The van der Waals surface area contributed by atoms with Gasteiger partial charge in [0.2, 0.25) is 0 Å². The zero-order valence-corrected chi connectivity index (χ0v) is 15.3. The summed E-state index contributed by atoms with van der Waals surface area (Å²) in [6, 6.07) is 9.93. The summed E-state index contributed by atoms with van der Waals surface area (Å²) in [6.07, 6.45) is 2.75. The van der Waals surface area contributed by atoms with Gasteiger partial charge >= 0.3 is 5.63 Å². The molecule has 6 rings (SSSR count). The first-order valence-electron chi connectivity index (χ1n) is 9.66. The third-order valence-corrected chi connectivity index (χ3v) is 5.82. The number of benzene rings is 2. The van der Waals surface area contributed by atoms with Crippen LogP contribution in [0.3, 0.4) is 0 Å². The van der Waals surface area contributed by atoms with Crippen LogP contribution in [-0.4, -0.2) is 19.9 Å². The summed E-state index contributed by atoms with van der Waals surface area (Å²) >= 11 is 0. The molecule has 0 N–H and O–H groups in total. The Morgan fingerprint density at radius 2 is 1.64 bits per heavy atom. The first-order chi connectivity index (χ1) is 13.8. The van der Waals surface area contributed by atoms with Crippen molar-refractivity contribution in [2.75, 3.05) is 24.8 Å². The van der Waals surface area contributed by atoms with Gasteiger partial charge in [-0.15, -0.1) is 0 Å². The molecule has 3 aromatic rings. The van der Waals surface area contributed by atoms with Crippen LogP contribution in [0.25, 0.3) is 11.0 Å². The van der Waals surface area contributed by atoms with Crippen LogP contribution >= 0.6 is 0 Å². The van der Waals surface area contributed by atoms with Crippen LogP contribution in [0.4, 0.5) is 5.69 Å². The second-order valence-electron chi connectivity index (χ2n) is 7.42. The molecule has 0 bridgehead atoms. The predicted molar refractivity (Wildman–Crippen MR) is 104 cm³/mol. The van der Waals surface area contributed by atoms with Crippen molar-refractivity contribution in [2.24, 2.45) is 0 Å². The fraction of sp³-hybridized carbons (Fsp3) is 0.318. The van der Waals surface area contributed by atoms with Crippen molar-refractivity contribution in [1.29, 1.82) is 0 Å². The van der Waals surface area contributed by atoms with E-state index in [9.17, 15) is 4.79 Å². The van der Waals surface area contributed by atoms with Crippen LogP contribution in [0, 0.1) is 0 Å². The van der Waals surface area contributed by atoms with Crippen molar-refractivity contribution in [2.45, 2.75) is 25.8 Å². The molecule has 1 aromatic heterocycles. The summed E-state index contributed by atoms with van der Waals surface area (Å²) in [5.41, 5.74) is 4.34. The monoisotopic (exact) mass is 377 g/mol. The Morgan fingerprint density at radius 3 is 2.57 bits per heavy atom. The number of anilines is 1.